The van der Waals surface area contributed by atoms with Crippen molar-refractivity contribution in [1.29, 1.82) is 0 Å². The standard InChI is InChI=1S/C10H21NO/c1-8(2)12-10-5-6-11(4)9(3)7-10/h8-10H,5-7H2,1-4H3/t9-,10+/m1/s1. The van der Waals surface area contributed by atoms with Crippen LogP contribution in [-0.4, -0.2) is 36.7 Å². The van der Waals surface area contributed by atoms with Gasteiger partial charge in [0, 0.05) is 12.6 Å². The van der Waals surface area contributed by atoms with Crippen LogP contribution in [0.3, 0.4) is 0 Å². The van der Waals surface area contributed by atoms with Gasteiger partial charge in [-0.2, -0.15) is 0 Å². The Morgan fingerprint density at radius 2 is 2.08 bits per heavy atom. The summed E-state index contributed by atoms with van der Waals surface area (Å²) < 4.78 is 5.78. The third kappa shape index (κ3) is 2.76. The van der Waals surface area contributed by atoms with Crippen LogP contribution in [0.15, 0.2) is 0 Å². The summed E-state index contributed by atoms with van der Waals surface area (Å²) in [6.45, 7) is 7.68. The van der Waals surface area contributed by atoms with Crippen molar-refractivity contribution in [2.24, 2.45) is 0 Å². The van der Waals surface area contributed by atoms with E-state index in [9.17, 15) is 0 Å². The highest BCUT2D eigenvalue weighted by Crippen LogP contribution is 2.19. The zero-order chi connectivity index (χ0) is 9.14. The summed E-state index contributed by atoms with van der Waals surface area (Å²) in [5, 5.41) is 0. The van der Waals surface area contributed by atoms with E-state index in [1.807, 2.05) is 0 Å². The normalized spacial score (nSPS) is 32.8. The average Bonchev–Trinajstić information content (AvgIpc) is 1.96. The second kappa shape index (κ2) is 4.24. The van der Waals surface area contributed by atoms with Crippen molar-refractivity contribution in [3.05, 3.63) is 0 Å². The molecule has 1 aliphatic rings. The zero-order valence-electron chi connectivity index (χ0n) is 8.71. The molecule has 0 aromatic heterocycles. The summed E-state index contributed by atoms with van der Waals surface area (Å²) >= 11 is 0. The van der Waals surface area contributed by atoms with Gasteiger partial charge in [0.25, 0.3) is 0 Å². The van der Waals surface area contributed by atoms with E-state index in [1.54, 1.807) is 0 Å². The van der Waals surface area contributed by atoms with Crippen LogP contribution in [0.25, 0.3) is 0 Å². The zero-order valence-corrected chi connectivity index (χ0v) is 8.71. The molecule has 0 aliphatic carbocycles. The number of piperidine rings is 1. The summed E-state index contributed by atoms with van der Waals surface area (Å²) in [5.74, 6) is 0. The quantitative estimate of drug-likeness (QED) is 0.629. The van der Waals surface area contributed by atoms with Gasteiger partial charge in [-0.3, -0.25) is 0 Å². The first kappa shape index (κ1) is 10.0. The van der Waals surface area contributed by atoms with Crippen molar-refractivity contribution < 1.29 is 4.74 Å². The van der Waals surface area contributed by atoms with Crippen LogP contribution in [-0.2, 0) is 4.74 Å². The lowest BCUT2D eigenvalue weighted by molar-refractivity contribution is -0.0365. The number of rotatable bonds is 2. The molecule has 2 heteroatoms. The van der Waals surface area contributed by atoms with Crippen molar-refractivity contribution >= 4 is 0 Å². The van der Waals surface area contributed by atoms with Gasteiger partial charge in [-0.25, -0.2) is 0 Å². The fourth-order valence-electron chi connectivity index (χ4n) is 1.75. The summed E-state index contributed by atoms with van der Waals surface area (Å²) in [4.78, 5) is 2.40. The minimum absolute atomic E-state index is 0.380. The van der Waals surface area contributed by atoms with E-state index in [2.05, 4.69) is 32.7 Å². The van der Waals surface area contributed by atoms with E-state index in [1.165, 1.54) is 19.4 Å². The van der Waals surface area contributed by atoms with Gasteiger partial charge in [0.2, 0.25) is 0 Å². The van der Waals surface area contributed by atoms with Crippen LogP contribution < -0.4 is 0 Å². The molecular formula is C10H21NO. The molecule has 72 valence electrons. The summed E-state index contributed by atoms with van der Waals surface area (Å²) in [6, 6.07) is 0.683. The Kier molecular flexibility index (Phi) is 3.53. The Morgan fingerprint density at radius 3 is 2.58 bits per heavy atom. The largest absolute Gasteiger partial charge is 0.375 e. The van der Waals surface area contributed by atoms with Gasteiger partial charge in [0.05, 0.1) is 12.2 Å². The molecule has 1 heterocycles. The minimum atomic E-state index is 0.380. The van der Waals surface area contributed by atoms with E-state index in [4.69, 9.17) is 4.74 Å². The SMILES string of the molecule is CC(C)O[C@H]1CCN(C)[C@H](C)C1. The van der Waals surface area contributed by atoms with Gasteiger partial charge in [-0.15, -0.1) is 0 Å². The first-order valence-electron chi connectivity index (χ1n) is 4.95. The van der Waals surface area contributed by atoms with Crippen LogP contribution in [0.5, 0.6) is 0 Å². The molecule has 0 aromatic rings. The second-order valence-corrected chi connectivity index (χ2v) is 4.16. The molecule has 0 N–H and O–H groups in total. The van der Waals surface area contributed by atoms with Crippen molar-refractivity contribution in [1.82, 2.24) is 4.90 Å². The van der Waals surface area contributed by atoms with Crippen LogP contribution in [0.1, 0.15) is 33.6 Å². The maximum Gasteiger partial charge on any atom is 0.0605 e. The van der Waals surface area contributed by atoms with E-state index in [0.717, 1.165) is 0 Å². The number of ether oxygens (including phenoxy) is 1. The van der Waals surface area contributed by atoms with Gasteiger partial charge in [0.1, 0.15) is 0 Å². The van der Waals surface area contributed by atoms with Crippen molar-refractivity contribution in [2.45, 2.75) is 51.9 Å². The molecule has 0 aromatic carbocycles. The number of hydrogen-bond donors (Lipinski definition) is 0. The second-order valence-electron chi connectivity index (χ2n) is 4.16. The van der Waals surface area contributed by atoms with Gasteiger partial charge >= 0.3 is 0 Å². The highest BCUT2D eigenvalue weighted by molar-refractivity contribution is 4.77. The third-order valence-corrected chi connectivity index (χ3v) is 2.62. The molecule has 12 heavy (non-hydrogen) atoms. The van der Waals surface area contributed by atoms with Gasteiger partial charge < -0.3 is 9.64 Å². The molecule has 1 fully saturated rings. The smallest absolute Gasteiger partial charge is 0.0605 e. The van der Waals surface area contributed by atoms with E-state index in [-0.39, 0.29) is 0 Å². The molecule has 2 atom stereocenters. The fourth-order valence-corrected chi connectivity index (χ4v) is 1.75. The molecule has 2 nitrogen and oxygen atoms in total. The lowest BCUT2D eigenvalue weighted by atomic mass is 10.0. The number of hydrogen-bond acceptors (Lipinski definition) is 2. The van der Waals surface area contributed by atoms with E-state index in [0.29, 0.717) is 18.2 Å². The molecule has 0 amide bonds. The molecule has 1 saturated heterocycles. The summed E-state index contributed by atoms with van der Waals surface area (Å²) in [7, 11) is 2.19. The van der Waals surface area contributed by atoms with Crippen molar-refractivity contribution in [2.75, 3.05) is 13.6 Å². The summed E-state index contributed by atoms with van der Waals surface area (Å²) in [5.41, 5.74) is 0. The van der Waals surface area contributed by atoms with Gasteiger partial charge in [-0.05, 0) is 40.7 Å². The maximum atomic E-state index is 5.78. The Hall–Kier alpha value is -0.0800. The molecule has 1 rings (SSSR count). The molecule has 0 radical (unpaired) electrons. The van der Waals surface area contributed by atoms with Crippen LogP contribution >= 0.6 is 0 Å². The van der Waals surface area contributed by atoms with Gasteiger partial charge in [-0.1, -0.05) is 0 Å². The number of likely N-dealkylation sites (tertiary alicyclic amines) is 1. The highest BCUT2D eigenvalue weighted by Gasteiger charge is 2.23. The predicted molar refractivity (Wildman–Crippen MR) is 51.3 cm³/mol. The summed E-state index contributed by atoms with van der Waals surface area (Å²) in [6.07, 6.45) is 3.26. The molecule has 0 saturated carbocycles. The Bertz CT molecular complexity index is 136. The lowest BCUT2D eigenvalue weighted by Crippen LogP contribution is -2.41. The van der Waals surface area contributed by atoms with Crippen LogP contribution in [0, 0.1) is 0 Å². The molecule has 1 aliphatic heterocycles. The highest BCUT2D eigenvalue weighted by atomic mass is 16.5. The maximum absolute atomic E-state index is 5.78. The molecule has 0 spiro atoms. The van der Waals surface area contributed by atoms with Crippen LogP contribution in [0.2, 0.25) is 0 Å². The lowest BCUT2D eigenvalue weighted by Gasteiger charge is -2.35. The Morgan fingerprint density at radius 1 is 1.42 bits per heavy atom. The predicted octanol–water partition coefficient (Wildman–Crippen LogP) is 1.89. The molecule has 0 unspecified atom stereocenters. The molecular weight excluding hydrogens is 150 g/mol. The minimum Gasteiger partial charge on any atom is -0.375 e. The number of nitrogens with zero attached hydrogens (tertiary/aromatic N) is 1. The first-order chi connectivity index (χ1) is 5.59. The van der Waals surface area contributed by atoms with Crippen molar-refractivity contribution in [3.63, 3.8) is 0 Å². The topological polar surface area (TPSA) is 12.5 Å². The van der Waals surface area contributed by atoms with Gasteiger partial charge in [0.15, 0.2) is 0 Å². The van der Waals surface area contributed by atoms with E-state index >= 15 is 0 Å². The Balaban J connectivity index is 2.30. The monoisotopic (exact) mass is 171 g/mol. The molecule has 0 bridgehead atoms. The first-order valence-corrected chi connectivity index (χ1v) is 4.95. The Labute approximate surface area is 75.9 Å². The van der Waals surface area contributed by atoms with Crippen molar-refractivity contribution in [3.8, 4) is 0 Å². The average molecular weight is 171 g/mol. The van der Waals surface area contributed by atoms with E-state index < -0.39 is 0 Å². The fraction of sp³-hybridized carbons (Fsp3) is 1.00. The van der Waals surface area contributed by atoms with Crippen LogP contribution in [0.4, 0.5) is 0 Å². The third-order valence-electron chi connectivity index (χ3n) is 2.62.